The first-order chi connectivity index (χ1) is 15.4. The lowest BCUT2D eigenvalue weighted by atomic mass is 9.90. The molecule has 160 valence electrons. The zero-order chi connectivity index (χ0) is 23.5. The number of allylic oxidation sites excluding steroid dienone is 7. The SMILES string of the molecule is C#C/C=C(/C=C/C(=O)O)\C=C(\F)C/C(=C(/CC)c1ccc(C#N)cc1)c1ccc(O)cc1. The number of nitriles is 1. The summed E-state index contributed by atoms with van der Waals surface area (Å²) in [6.07, 6.45) is 10.4. The molecule has 0 saturated carbocycles. The molecule has 0 fully saturated rings. The average molecular weight is 427 g/mol. The second-order valence-corrected chi connectivity index (χ2v) is 6.80. The van der Waals surface area contributed by atoms with E-state index in [9.17, 15) is 9.90 Å². The summed E-state index contributed by atoms with van der Waals surface area (Å²) in [5.74, 6) is 0.695. The molecule has 2 aromatic rings. The molecule has 0 heterocycles. The second-order valence-electron chi connectivity index (χ2n) is 6.80. The number of carboxylic acid groups (broad SMARTS) is 1. The number of halogens is 1. The second kappa shape index (κ2) is 11.7. The summed E-state index contributed by atoms with van der Waals surface area (Å²) < 4.78 is 15.1. The summed E-state index contributed by atoms with van der Waals surface area (Å²) in [5, 5.41) is 27.5. The number of carboxylic acids is 1. The molecule has 2 rings (SSSR count). The first kappa shape index (κ1) is 23.9. The van der Waals surface area contributed by atoms with Gasteiger partial charge in [-0.1, -0.05) is 37.1 Å². The summed E-state index contributed by atoms with van der Waals surface area (Å²) in [7, 11) is 0. The van der Waals surface area contributed by atoms with E-state index in [4.69, 9.17) is 16.8 Å². The fraction of sp³-hybridized carbons (Fsp3) is 0.111. The Kier molecular flexibility index (Phi) is 8.78. The molecule has 32 heavy (non-hydrogen) atoms. The van der Waals surface area contributed by atoms with E-state index in [2.05, 4.69) is 12.0 Å². The van der Waals surface area contributed by atoms with Gasteiger partial charge in [0.2, 0.25) is 0 Å². The number of aliphatic carboxylic acids is 1. The molecule has 0 amide bonds. The van der Waals surface area contributed by atoms with Gasteiger partial charge in [-0.2, -0.15) is 5.26 Å². The van der Waals surface area contributed by atoms with Crippen molar-refractivity contribution < 1.29 is 19.4 Å². The monoisotopic (exact) mass is 427 g/mol. The lowest BCUT2D eigenvalue weighted by Gasteiger charge is -2.15. The Morgan fingerprint density at radius 3 is 2.19 bits per heavy atom. The molecule has 0 saturated heterocycles. The van der Waals surface area contributed by atoms with Crippen LogP contribution in [0.25, 0.3) is 11.1 Å². The maximum absolute atomic E-state index is 15.1. The van der Waals surface area contributed by atoms with Gasteiger partial charge in [0.05, 0.1) is 11.6 Å². The number of aromatic hydroxyl groups is 1. The average Bonchev–Trinajstić information content (AvgIpc) is 2.78. The third-order valence-electron chi connectivity index (χ3n) is 4.63. The van der Waals surface area contributed by atoms with E-state index in [0.29, 0.717) is 17.6 Å². The van der Waals surface area contributed by atoms with Crippen molar-refractivity contribution in [3.05, 3.63) is 101 Å². The van der Waals surface area contributed by atoms with E-state index < -0.39 is 11.8 Å². The van der Waals surface area contributed by atoms with Gasteiger partial charge in [-0.05, 0) is 76.8 Å². The number of terminal acetylenes is 1. The molecule has 2 aromatic carbocycles. The van der Waals surface area contributed by atoms with Gasteiger partial charge in [0.1, 0.15) is 11.6 Å². The fourth-order valence-electron chi connectivity index (χ4n) is 3.19. The molecule has 0 unspecified atom stereocenters. The first-order valence-corrected chi connectivity index (χ1v) is 9.83. The summed E-state index contributed by atoms with van der Waals surface area (Å²) >= 11 is 0. The molecule has 0 bridgehead atoms. The van der Waals surface area contributed by atoms with Crippen LogP contribution in [0.4, 0.5) is 4.39 Å². The van der Waals surface area contributed by atoms with E-state index in [1.54, 1.807) is 24.3 Å². The van der Waals surface area contributed by atoms with Crippen LogP contribution in [0.15, 0.2) is 84.2 Å². The van der Waals surface area contributed by atoms with Gasteiger partial charge in [0.15, 0.2) is 0 Å². The van der Waals surface area contributed by atoms with E-state index >= 15 is 4.39 Å². The normalized spacial score (nSPS) is 12.8. The van der Waals surface area contributed by atoms with Crippen LogP contribution in [0, 0.1) is 23.7 Å². The molecule has 0 atom stereocenters. The molecule has 0 aliphatic heterocycles. The zero-order valence-corrected chi connectivity index (χ0v) is 17.5. The number of carbonyl (C=O) groups is 1. The third-order valence-corrected chi connectivity index (χ3v) is 4.63. The fourth-order valence-corrected chi connectivity index (χ4v) is 3.19. The number of benzene rings is 2. The Bertz CT molecular complexity index is 1170. The van der Waals surface area contributed by atoms with Crippen LogP contribution >= 0.6 is 0 Å². The van der Waals surface area contributed by atoms with Crippen LogP contribution in [0.5, 0.6) is 5.75 Å². The lowest BCUT2D eigenvalue weighted by molar-refractivity contribution is -0.131. The van der Waals surface area contributed by atoms with Crippen LogP contribution < -0.4 is 0 Å². The highest BCUT2D eigenvalue weighted by atomic mass is 19.1. The van der Waals surface area contributed by atoms with Gasteiger partial charge in [-0.3, -0.25) is 0 Å². The highest BCUT2D eigenvalue weighted by molar-refractivity contribution is 5.91. The lowest BCUT2D eigenvalue weighted by Crippen LogP contribution is -1.94. The summed E-state index contributed by atoms with van der Waals surface area (Å²) in [6, 6.07) is 15.6. The van der Waals surface area contributed by atoms with Gasteiger partial charge in [-0.15, -0.1) is 6.42 Å². The number of phenols is 1. The number of hydrogen-bond donors (Lipinski definition) is 2. The minimum Gasteiger partial charge on any atom is -0.508 e. The van der Waals surface area contributed by atoms with Crippen LogP contribution in [-0.4, -0.2) is 16.2 Å². The van der Waals surface area contributed by atoms with Crippen molar-refractivity contribution in [2.75, 3.05) is 0 Å². The maximum atomic E-state index is 15.1. The number of nitrogens with zero attached hydrogens (tertiary/aromatic N) is 1. The largest absolute Gasteiger partial charge is 0.508 e. The summed E-state index contributed by atoms with van der Waals surface area (Å²) in [5.41, 5.74) is 3.94. The molecule has 0 spiro atoms. The van der Waals surface area contributed by atoms with Crippen molar-refractivity contribution in [2.24, 2.45) is 0 Å². The number of rotatable bonds is 8. The van der Waals surface area contributed by atoms with E-state index in [1.165, 1.54) is 30.4 Å². The van der Waals surface area contributed by atoms with Gasteiger partial charge >= 0.3 is 5.97 Å². The topological polar surface area (TPSA) is 81.3 Å². The molecule has 0 aliphatic rings. The Morgan fingerprint density at radius 1 is 1.06 bits per heavy atom. The van der Waals surface area contributed by atoms with Crippen molar-refractivity contribution in [3.8, 4) is 24.2 Å². The Hall–Kier alpha value is -4.35. The smallest absolute Gasteiger partial charge is 0.328 e. The Balaban J connectivity index is 2.58. The predicted molar refractivity (Wildman–Crippen MR) is 124 cm³/mol. The first-order valence-electron chi connectivity index (χ1n) is 9.83. The minimum absolute atomic E-state index is 0.0726. The number of hydrogen-bond acceptors (Lipinski definition) is 3. The van der Waals surface area contributed by atoms with Crippen LogP contribution in [0.3, 0.4) is 0 Å². The molecular weight excluding hydrogens is 405 g/mol. The van der Waals surface area contributed by atoms with Gasteiger partial charge in [-0.25, -0.2) is 9.18 Å². The molecule has 0 radical (unpaired) electrons. The summed E-state index contributed by atoms with van der Waals surface area (Å²) in [6.45, 7) is 1.95. The van der Waals surface area contributed by atoms with Crippen molar-refractivity contribution in [2.45, 2.75) is 19.8 Å². The standard InChI is InChI=1S/C27H22FNO3/c1-3-5-19(8-15-27(31)32)16-23(28)17-26(22-11-13-24(30)14-12-22)25(4-2)21-9-6-20(18-29)7-10-21/h1,5-16,30H,4,17H2,2H3,(H,31,32)/b15-8+,19-5-,23-16+,26-25+. The molecule has 0 aromatic heterocycles. The molecule has 0 aliphatic carbocycles. The van der Waals surface area contributed by atoms with Crippen LogP contribution in [0.1, 0.15) is 36.5 Å². The molecule has 4 nitrogen and oxygen atoms in total. The van der Waals surface area contributed by atoms with Gasteiger partial charge in [0.25, 0.3) is 0 Å². The van der Waals surface area contributed by atoms with Crippen molar-refractivity contribution in [1.82, 2.24) is 0 Å². The van der Waals surface area contributed by atoms with E-state index in [0.717, 1.165) is 22.8 Å². The predicted octanol–water partition coefficient (Wildman–Crippen LogP) is 6.03. The van der Waals surface area contributed by atoms with E-state index in [1.807, 2.05) is 19.1 Å². The van der Waals surface area contributed by atoms with E-state index in [-0.39, 0.29) is 17.7 Å². The Labute approximate surface area is 187 Å². The van der Waals surface area contributed by atoms with Gasteiger partial charge < -0.3 is 10.2 Å². The quantitative estimate of drug-likeness (QED) is 0.233. The van der Waals surface area contributed by atoms with Gasteiger partial charge in [0, 0.05) is 12.5 Å². The number of phenolic OH excluding ortho intramolecular Hbond substituents is 1. The van der Waals surface area contributed by atoms with Crippen molar-refractivity contribution in [1.29, 1.82) is 5.26 Å². The summed E-state index contributed by atoms with van der Waals surface area (Å²) in [4.78, 5) is 10.8. The maximum Gasteiger partial charge on any atom is 0.328 e. The minimum atomic E-state index is -1.17. The van der Waals surface area contributed by atoms with Crippen molar-refractivity contribution >= 4 is 17.1 Å². The molecule has 5 heteroatoms. The molecule has 2 N–H and O–H groups in total. The third kappa shape index (κ3) is 6.86. The highest BCUT2D eigenvalue weighted by Gasteiger charge is 2.13. The zero-order valence-electron chi connectivity index (χ0n) is 17.5. The van der Waals surface area contributed by atoms with Crippen LogP contribution in [0.2, 0.25) is 0 Å². The van der Waals surface area contributed by atoms with Crippen LogP contribution in [-0.2, 0) is 4.79 Å². The highest BCUT2D eigenvalue weighted by Crippen LogP contribution is 2.35. The molecular formula is C27H22FNO3. The van der Waals surface area contributed by atoms with Crippen molar-refractivity contribution in [3.63, 3.8) is 0 Å². The Morgan fingerprint density at radius 2 is 1.66 bits per heavy atom.